The van der Waals surface area contributed by atoms with Crippen LogP contribution in [0.3, 0.4) is 0 Å². The minimum absolute atomic E-state index is 0.457. The Morgan fingerprint density at radius 3 is 2.23 bits per heavy atom. The van der Waals surface area contributed by atoms with E-state index in [1.165, 1.54) is 0 Å². The van der Waals surface area contributed by atoms with Gasteiger partial charge in [-0.2, -0.15) is 0 Å². The van der Waals surface area contributed by atoms with Gasteiger partial charge in [0.1, 0.15) is 0 Å². The maximum absolute atomic E-state index is 10.7. The zero-order valence-electron chi connectivity index (χ0n) is 8.92. The maximum Gasteiger partial charge on any atom is 0.333 e. The van der Waals surface area contributed by atoms with Crippen LogP contribution in [0.4, 0.5) is 0 Å². The number of carbonyl (C=O) groups is 1. The number of hydrogen-bond acceptors (Lipinski definition) is 2. The SMILES string of the molecule is CCCCC(=C(C)C(=O)O)N(C)C. The Hall–Kier alpha value is -0.990. The first-order valence-corrected chi connectivity index (χ1v) is 4.61. The molecule has 0 bridgehead atoms. The van der Waals surface area contributed by atoms with E-state index < -0.39 is 5.97 Å². The molecule has 1 N–H and O–H groups in total. The summed E-state index contributed by atoms with van der Waals surface area (Å²) in [6.45, 7) is 3.76. The molecular weight excluding hydrogens is 166 g/mol. The molecular formula is C10H19NO2. The van der Waals surface area contributed by atoms with Crippen LogP contribution in [-0.4, -0.2) is 30.1 Å². The molecule has 0 aliphatic heterocycles. The highest BCUT2D eigenvalue weighted by molar-refractivity contribution is 5.86. The van der Waals surface area contributed by atoms with Gasteiger partial charge in [0.05, 0.1) is 5.57 Å². The van der Waals surface area contributed by atoms with Gasteiger partial charge in [-0.15, -0.1) is 0 Å². The van der Waals surface area contributed by atoms with Gasteiger partial charge in [0.25, 0.3) is 0 Å². The lowest BCUT2D eigenvalue weighted by Crippen LogP contribution is -2.16. The third-order valence-electron chi connectivity index (χ3n) is 2.06. The Bertz CT molecular complexity index is 207. The van der Waals surface area contributed by atoms with Gasteiger partial charge in [0.15, 0.2) is 0 Å². The van der Waals surface area contributed by atoms with Gasteiger partial charge in [-0.05, 0) is 19.8 Å². The first-order valence-electron chi connectivity index (χ1n) is 4.61. The van der Waals surface area contributed by atoms with Crippen LogP contribution in [0.15, 0.2) is 11.3 Å². The van der Waals surface area contributed by atoms with Crippen LogP contribution in [0.1, 0.15) is 33.1 Å². The molecule has 0 aromatic rings. The average Bonchev–Trinajstić information content (AvgIpc) is 2.04. The second kappa shape index (κ2) is 5.62. The largest absolute Gasteiger partial charge is 0.478 e. The predicted molar refractivity (Wildman–Crippen MR) is 53.5 cm³/mol. The lowest BCUT2D eigenvalue weighted by Gasteiger charge is -2.18. The van der Waals surface area contributed by atoms with Crippen LogP contribution < -0.4 is 0 Å². The molecule has 3 heteroatoms. The molecule has 76 valence electrons. The van der Waals surface area contributed by atoms with Crippen molar-refractivity contribution in [2.45, 2.75) is 33.1 Å². The molecule has 0 fully saturated rings. The van der Waals surface area contributed by atoms with Crippen LogP contribution in [-0.2, 0) is 4.79 Å². The van der Waals surface area contributed by atoms with Gasteiger partial charge in [-0.1, -0.05) is 13.3 Å². The number of nitrogens with zero attached hydrogens (tertiary/aromatic N) is 1. The molecule has 0 rings (SSSR count). The van der Waals surface area contributed by atoms with E-state index in [-0.39, 0.29) is 0 Å². The smallest absolute Gasteiger partial charge is 0.333 e. The van der Waals surface area contributed by atoms with Crippen LogP contribution in [0.5, 0.6) is 0 Å². The van der Waals surface area contributed by atoms with Gasteiger partial charge >= 0.3 is 5.97 Å². The molecule has 0 aliphatic rings. The second-order valence-corrected chi connectivity index (χ2v) is 3.37. The zero-order chi connectivity index (χ0) is 10.4. The number of carboxylic acids is 1. The number of hydrogen-bond donors (Lipinski definition) is 1. The van der Waals surface area contributed by atoms with Crippen molar-refractivity contribution in [2.75, 3.05) is 14.1 Å². The van der Waals surface area contributed by atoms with Gasteiger partial charge in [-0.25, -0.2) is 4.79 Å². The Balaban J connectivity index is 4.57. The molecule has 0 saturated carbocycles. The fourth-order valence-corrected chi connectivity index (χ4v) is 1.21. The molecule has 0 radical (unpaired) electrons. The molecule has 3 nitrogen and oxygen atoms in total. The number of unbranched alkanes of at least 4 members (excludes halogenated alkanes) is 1. The van der Waals surface area contributed by atoms with Crippen LogP contribution >= 0.6 is 0 Å². The Morgan fingerprint density at radius 2 is 1.92 bits per heavy atom. The van der Waals surface area contributed by atoms with Crippen molar-refractivity contribution >= 4 is 5.97 Å². The summed E-state index contributed by atoms with van der Waals surface area (Å²) in [7, 11) is 3.77. The zero-order valence-corrected chi connectivity index (χ0v) is 8.92. The summed E-state index contributed by atoms with van der Waals surface area (Å²) in [6, 6.07) is 0. The van der Waals surface area contributed by atoms with Crippen LogP contribution in [0.2, 0.25) is 0 Å². The third-order valence-corrected chi connectivity index (χ3v) is 2.06. The summed E-state index contributed by atoms with van der Waals surface area (Å²) >= 11 is 0. The van der Waals surface area contributed by atoms with E-state index in [0.29, 0.717) is 5.57 Å². The summed E-state index contributed by atoms with van der Waals surface area (Å²) in [6.07, 6.45) is 2.98. The van der Waals surface area contributed by atoms with E-state index in [2.05, 4.69) is 6.92 Å². The first-order chi connectivity index (χ1) is 6.00. The molecule has 13 heavy (non-hydrogen) atoms. The van der Waals surface area contributed by atoms with Crippen molar-refractivity contribution in [1.29, 1.82) is 0 Å². The summed E-state index contributed by atoms with van der Waals surface area (Å²) in [5, 5.41) is 8.82. The fraction of sp³-hybridized carbons (Fsp3) is 0.700. The fourth-order valence-electron chi connectivity index (χ4n) is 1.21. The van der Waals surface area contributed by atoms with E-state index in [9.17, 15) is 4.79 Å². The first kappa shape index (κ1) is 12.0. The highest BCUT2D eigenvalue weighted by atomic mass is 16.4. The van der Waals surface area contributed by atoms with Crippen LogP contribution in [0, 0.1) is 0 Å². The Kier molecular flexibility index (Phi) is 5.19. The van der Waals surface area contributed by atoms with Crippen molar-refractivity contribution in [3.63, 3.8) is 0 Å². The minimum Gasteiger partial charge on any atom is -0.478 e. The summed E-state index contributed by atoms with van der Waals surface area (Å²) in [4.78, 5) is 12.6. The van der Waals surface area contributed by atoms with E-state index in [1.807, 2.05) is 19.0 Å². The topological polar surface area (TPSA) is 40.5 Å². The summed E-state index contributed by atoms with van der Waals surface area (Å²) < 4.78 is 0. The third kappa shape index (κ3) is 3.97. The second-order valence-electron chi connectivity index (χ2n) is 3.37. The summed E-state index contributed by atoms with van der Waals surface area (Å²) in [5.74, 6) is -0.820. The van der Waals surface area contributed by atoms with Gasteiger partial charge in [0, 0.05) is 19.8 Å². The highest BCUT2D eigenvalue weighted by Gasteiger charge is 2.10. The number of rotatable bonds is 5. The average molecular weight is 185 g/mol. The van der Waals surface area contributed by atoms with Crippen molar-refractivity contribution in [2.24, 2.45) is 0 Å². The molecule has 0 spiro atoms. The Labute approximate surface area is 80.0 Å². The van der Waals surface area contributed by atoms with Crippen molar-refractivity contribution in [3.05, 3.63) is 11.3 Å². The van der Waals surface area contributed by atoms with Crippen molar-refractivity contribution in [1.82, 2.24) is 4.90 Å². The molecule has 0 amide bonds. The normalized spacial score (nSPS) is 12.3. The highest BCUT2D eigenvalue weighted by Crippen LogP contribution is 2.14. The molecule has 0 aliphatic carbocycles. The van der Waals surface area contributed by atoms with E-state index in [4.69, 9.17) is 5.11 Å². The van der Waals surface area contributed by atoms with Crippen molar-refractivity contribution < 1.29 is 9.90 Å². The van der Waals surface area contributed by atoms with Gasteiger partial charge in [-0.3, -0.25) is 0 Å². The van der Waals surface area contributed by atoms with E-state index in [1.54, 1.807) is 6.92 Å². The van der Waals surface area contributed by atoms with Gasteiger partial charge in [0.2, 0.25) is 0 Å². The Morgan fingerprint density at radius 1 is 1.38 bits per heavy atom. The molecule has 0 aromatic carbocycles. The predicted octanol–water partition coefficient (Wildman–Crippen LogP) is 2.10. The molecule has 0 heterocycles. The standard InChI is InChI=1S/C10H19NO2/c1-5-6-7-9(11(3)4)8(2)10(12)13/h5-7H2,1-4H3,(H,12,13). The monoisotopic (exact) mass is 185 g/mol. The molecule has 0 atom stereocenters. The summed E-state index contributed by atoms with van der Waals surface area (Å²) in [5.41, 5.74) is 1.38. The number of carboxylic acid groups (broad SMARTS) is 1. The quantitative estimate of drug-likeness (QED) is 0.667. The number of aliphatic carboxylic acids is 1. The molecule has 0 saturated heterocycles. The molecule has 0 aromatic heterocycles. The van der Waals surface area contributed by atoms with Crippen LogP contribution in [0.25, 0.3) is 0 Å². The lowest BCUT2D eigenvalue weighted by molar-refractivity contribution is -0.132. The maximum atomic E-state index is 10.7. The lowest BCUT2D eigenvalue weighted by atomic mass is 10.1. The van der Waals surface area contributed by atoms with E-state index >= 15 is 0 Å². The minimum atomic E-state index is -0.820. The number of allylic oxidation sites excluding steroid dienone is 1. The van der Waals surface area contributed by atoms with Gasteiger partial charge < -0.3 is 10.0 Å². The van der Waals surface area contributed by atoms with E-state index in [0.717, 1.165) is 25.0 Å². The van der Waals surface area contributed by atoms with Crippen molar-refractivity contribution in [3.8, 4) is 0 Å². The molecule has 0 unspecified atom stereocenters.